The number of fused-ring (bicyclic) bond motifs is 1. The average Bonchev–Trinajstić information content (AvgIpc) is 2.37. The SMILES string of the molecule is CC(=O)Oc1c(C(=O)O)ccc2cc(C(=O)O)ccc12. The van der Waals surface area contributed by atoms with Crippen LogP contribution in [0.5, 0.6) is 5.75 Å². The Bertz CT molecular complexity index is 732. The zero-order valence-corrected chi connectivity index (χ0v) is 10.4. The van der Waals surface area contributed by atoms with Crippen molar-refractivity contribution in [2.75, 3.05) is 0 Å². The van der Waals surface area contributed by atoms with Crippen LogP contribution >= 0.6 is 0 Å². The Hall–Kier alpha value is -2.89. The molecule has 102 valence electrons. The van der Waals surface area contributed by atoms with Crippen LogP contribution in [0.1, 0.15) is 27.6 Å². The van der Waals surface area contributed by atoms with E-state index in [4.69, 9.17) is 14.9 Å². The molecule has 0 aliphatic rings. The smallest absolute Gasteiger partial charge is 0.339 e. The van der Waals surface area contributed by atoms with Crippen molar-refractivity contribution in [3.8, 4) is 5.75 Å². The van der Waals surface area contributed by atoms with Gasteiger partial charge in [0.1, 0.15) is 5.56 Å². The second kappa shape index (κ2) is 5.00. The molecular weight excluding hydrogens is 264 g/mol. The highest BCUT2D eigenvalue weighted by Gasteiger charge is 2.17. The normalized spacial score (nSPS) is 10.2. The Kier molecular flexibility index (Phi) is 3.39. The predicted octanol–water partition coefficient (Wildman–Crippen LogP) is 2.16. The highest BCUT2D eigenvalue weighted by molar-refractivity contribution is 6.03. The minimum Gasteiger partial charge on any atom is -0.478 e. The van der Waals surface area contributed by atoms with Gasteiger partial charge in [0.2, 0.25) is 0 Å². The summed E-state index contributed by atoms with van der Waals surface area (Å²) in [4.78, 5) is 33.1. The average molecular weight is 274 g/mol. The van der Waals surface area contributed by atoms with Gasteiger partial charge in [-0.3, -0.25) is 4.79 Å². The second-order valence-corrected chi connectivity index (χ2v) is 4.08. The van der Waals surface area contributed by atoms with Crippen LogP contribution in [0, 0.1) is 0 Å². The van der Waals surface area contributed by atoms with Gasteiger partial charge in [-0.1, -0.05) is 6.07 Å². The first-order chi connectivity index (χ1) is 9.40. The summed E-state index contributed by atoms with van der Waals surface area (Å²) in [6.45, 7) is 1.16. The van der Waals surface area contributed by atoms with Gasteiger partial charge in [0, 0.05) is 12.3 Å². The van der Waals surface area contributed by atoms with Gasteiger partial charge >= 0.3 is 17.9 Å². The number of hydrogen-bond acceptors (Lipinski definition) is 4. The number of aromatic carboxylic acids is 2. The van der Waals surface area contributed by atoms with Crippen LogP contribution in [0.25, 0.3) is 10.8 Å². The van der Waals surface area contributed by atoms with E-state index in [1.165, 1.54) is 30.3 Å². The number of carbonyl (C=O) groups is 3. The molecule has 0 fully saturated rings. The number of benzene rings is 2. The van der Waals surface area contributed by atoms with Crippen LogP contribution in [0.4, 0.5) is 0 Å². The fraction of sp³-hybridized carbons (Fsp3) is 0.0714. The molecule has 0 atom stereocenters. The van der Waals surface area contributed by atoms with Gasteiger partial charge in [0.15, 0.2) is 5.75 Å². The van der Waals surface area contributed by atoms with E-state index < -0.39 is 17.9 Å². The Morgan fingerprint density at radius 2 is 1.70 bits per heavy atom. The molecule has 6 nitrogen and oxygen atoms in total. The number of carbonyl (C=O) groups excluding carboxylic acids is 1. The molecule has 2 aromatic carbocycles. The first kappa shape index (κ1) is 13.5. The number of ether oxygens (including phenoxy) is 1. The molecule has 0 radical (unpaired) electrons. The van der Waals surface area contributed by atoms with E-state index in [2.05, 4.69) is 0 Å². The molecule has 0 saturated heterocycles. The summed E-state index contributed by atoms with van der Waals surface area (Å²) in [5.41, 5.74) is -0.0925. The third-order valence-corrected chi connectivity index (χ3v) is 2.69. The van der Waals surface area contributed by atoms with Crippen molar-refractivity contribution in [1.82, 2.24) is 0 Å². The van der Waals surface area contributed by atoms with Crippen LogP contribution in [0.3, 0.4) is 0 Å². The highest BCUT2D eigenvalue weighted by Crippen LogP contribution is 2.31. The number of rotatable bonds is 3. The maximum Gasteiger partial charge on any atom is 0.339 e. The monoisotopic (exact) mass is 274 g/mol. The maximum atomic E-state index is 11.1. The fourth-order valence-electron chi connectivity index (χ4n) is 1.86. The molecule has 0 aromatic heterocycles. The molecule has 0 saturated carbocycles. The van der Waals surface area contributed by atoms with Gasteiger partial charge in [-0.15, -0.1) is 0 Å². The van der Waals surface area contributed by atoms with Gasteiger partial charge in [-0.05, 0) is 29.7 Å². The first-order valence-electron chi connectivity index (χ1n) is 5.62. The summed E-state index contributed by atoms with van der Waals surface area (Å²) in [5, 5.41) is 18.9. The Morgan fingerprint density at radius 1 is 1.00 bits per heavy atom. The van der Waals surface area contributed by atoms with E-state index in [-0.39, 0.29) is 16.9 Å². The van der Waals surface area contributed by atoms with Gasteiger partial charge in [-0.2, -0.15) is 0 Å². The molecule has 0 heterocycles. The number of esters is 1. The molecule has 2 N–H and O–H groups in total. The van der Waals surface area contributed by atoms with E-state index >= 15 is 0 Å². The zero-order valence-electron chi connectivity index (χ0n) is 10.4. The minimum absolute atomic E-state index is 0.0642. The van der Waals surface area contributed by atoms with Crippen molar-refractivity contribution in [2.45, 2.75) is 6.92 Å². The van der Waals surface area contributed by atoms with Crippen LogP contribution < -0.4 is 4.74 Å². The van der Waals surface area contributed by atoms with E-state index in [9.17, 15) is 14.4 Å². The largest absolute Gasteiger partial charge is 0.478 e. The van der Waals surface area contributed by atoms with Crippen LogP contribution in [-0.2, 0) is 4.79 Å². The van der Waals surface area contributed by atoms with Crippen molar-refractivity contribution in [3.63, 3.8) is 0 Å². The molecule has 0 amide bonds. The van der Waals surface area contributed by atoms with Crippen LogP contribution in [0.2, 0.25) is 0 Å². The van der Waals surface area contributed by atoms with E-state index in [0.29, 0.717) is 10.8 Å². The molecule has 20 heavy (non-hydrogen) atoms. The minimum atomic E-state index is -1.23. The molecule has 2 rings (SSSR count). The summed E-state index contributed by atoms with van der Waals surface area (Å²) in [6.07, 6.45) is 0. The number of hydrogen-bond donors (Lipinski definition) is 2. The quantitative estimate of drug-likeness (QED) is 0.657. The molecule has 2 aromatic rings. The molecule has 0 bridgehead atoms. The standard InChI is InChI=1S/C14H10O6/c1-7(15)20-12-10-4-3-9(13(16)17)6-8(10)2-5-11(12)14(18)19/h2-6H,1H3,(H,16,17)(H,18,19). The topological polar surface area (TPSA) is 101 Å². The lowest BCUT2D eigenvalue weighted by atomic mass is 10.0. The summed E-state index contributed by atoms with van der Waals surface area (Å²) in [5.74, 6) is -3.06. The Morgan fingerprint density at radius 3 is 2.25 bits per heavy atom. The van der Waals surface area contributed by atoms with Gasteiger partial charge in [-0.25, -0.2) is 9.59 Å². The molecule has 0 aliphatic heterocycles. The summed E-state index contributed by atoms with van der Waals surface area (Å²) >= 11 is 0. The lowest BCUT2D eigenvalue weighted by molar-refractivity contribution is -0.131. The zero-order chi connectivity index (χ0) is 14.9. The lowest BCUT2D eigenvalue weighted by Gasteiger charge is -2.10. The van der Waals surface area contributed by atoms with Crippen LogP contribution in [-0.4, -0.2) is 28.1 Å². The van der Waals surface area contributed by atoms with E-state index in [0.717, 1.165) is 6.92 Å². The van der Waals surface area contributed by atoms with Crippen molar-refractivity contribution in [3.05, 3.63) is 41.5 Å². The fourth-order valence-corrected chi connectivity index (χ4v) is 1.86. The lowest BCUT2D eigenvalue weighted by Crippen LogP contribution is -2.08. The van der Waals surface area contributed by atoms with Gasteiger partial charge in [0.05, 0.1) is 5.56 Å². The van der Waals surface area contributed by atoms with Gasteiger partial charge < -0.3 is 14.9 Å². The molecule has 0 spiro atoms. The third kappa shape index (κ3) is 2.44. The van der Waals surface area contributed by atoms with E-state index in [1.54, 1.807) is 0 Å². The molecule has 6 heteroatoms. The van der Waals surface area contributed by atoms with Crippen molar-refractivity contribution in [1.29, 1.82) is 0 Å². The van der Waals surface area contributed by atoms with Crippen molar-refractivity contribution in [2.24, 2.45) is 0 Å². The second-order valence-electron chi connectivity index (χ2n) is 4.08. The summed E-state index contributed by atoms with van der Waals surface area (Å²) in [7, 11) is 0. The van der Waals surface area contributed by atoms with Crippen molar-refractivity contribution >= 4 is 28.7 Å². The maximum absolute atomic E-state index is 11.1. The van der Waals surface area contributed by atoms with Crippen LogP contribution in [0.15, 0.2) is 30.3 Å². The first-order valence-corrected chi connectivity index (χ1v) is 5.62. The summed E-state index contributed by atoms with van der Waals surface area (Å²) < 4.78 is 4.95. The highest BCUT2D eigenvalue weighted by atomic mass is 16.5. The van der Waals surface area contributed by atoms with E-state index in [1.807, 2.05) is 0 Å². The van der Waals surface area contributed by atoms with Crippen molar-refractivity contribution < 1.29 is 29.3 Å². The third-order valence-electron chi connectivity index (χ3n) is 2.69. The van der Waals surface area contributed by atoms with Gasteiger partial charge in [0.25, 0.3) is 0 Å². The molecule has 0 unspecified atom stereocenters. The Labute approximate surface area is 113 Å². The number of carboxylic acid groups (broad SMARTS) is 2. The Balaban J connectivity index is 2.74. The predicted molar refractivity (Wildman–Crippen MR) is 69.2 cm³/mol. The molecule has 0 aliphatic carbocycles. The number of carboxylic acids is 2. The summed E-state index contributed by atoms with van der Waals surface area (Å²) in [6, 6.07) is 6.87. The molecular formula is C14H10O6.